The Morgan fingerprint density at radius 3 is 2.52 bits per heavy atom. The van der Waals surface area contributed by atoms with Gasteiger partial charge in [-0.25, -0.2) is 10.2 Å². The average molecular weight is 418 g/mol. The van der Waals surface area contributed by atoms with Gasteiger partial charge in [0.05, 0.1) is 30.6 Å². The third-order valence-corrected chi connectivity index (χ3v) is 4.73. The van der Waals surface area contributed by atoms with E-state index in [2.05, 4.69) is 15.8 Å². The molecular formula is C24H26N4O3. The minimum Gasteiger partial charge on any atom is -0.462 e. The fourth-order valence-electron chi connectivity index (χ4n) is 3.29. The molecule has 7 heteroatoms. The lowest BCUT2D eigenvalue weighted by Gasteiger charge is -2.14. The van der Waals surface area contributed by atoms with E-state index in [0.29, 0.717) is 12.2 Å². The largest absolute Gasteiger partial charge is 0.462 e. The van der Waals surface area contributed by atoms with Crippen LogP contribution in [-0.4, -0.2) is 35.8 Å². The first-order valence-electron chi connectivity index (χ1n) is 10.1. The lowest BCUT2D eigenvalue weighted by Crippen LogP contribution is -2.25. The lowest BCUT2D eigenvalue weighted by molar-refractivity contribution is -0.119. The summed E-state index contributed by atoms with van der Waals surface area (Å²) in [4.78, 5) is 24.4. The fourth-order valence-corrected chi connectivity index (χ4v) is 3.29. The van der Waals surface area contributed by atoms with Crippen molar-refractivity contribution in [3.05, 3.63) is 83.2 Å². The summed E-state index contributed by atoms with van der Waals surface area (Å²) in [5.74, 6) is -0.611. The molecule has 2 aromatic carbocycles. The molecule has 0 saturated carbocycles. The maximum atomic E-state index is 12.4. The van der Waals surface area contributed by atoms with Gasteiger partial charge in [-0.1, -0.05) is 30.3 Å². The van der Waals surface area contributed by atoms with Crippen molar-refractivity contribution in [2.45, 2.75) is 20.8 Å². The number of ether oxygens (including phenoxy) is 1. The molecule has 7 nitrogen and oxygen atoms in total. The summed E-state index contributed by atoms with van der Waals surface area (Å²) < 4.78 is 7.17. The van der Waals surface area contributed by atoms with E-state index in [4.69, 9.17) is 4.74 Å². The number of hydrazone groups is 1. The number of benzene rings is 2. The van der Waals surface area contributed by atoms with Gasteiger partial charge in [0.15, 0.2) is 0 Å². The second kappa shape index (κ2) is 10.2. The van der Waals surface area contributed by atoms with Crippen molar-refractivity contribution in [1.29, 1.82) is 0 Å². The van der Waals surface area contributed by atoms with Gasteiger partial charge in [-0.15, -0.1) is 0 Å². The highest BCUT2D eigenvalue weighted by Crippen LogP contribution is 2.23. The average Bonchev–Trinajstić information content (AvgIpc) is 3.06. The van der Waals surface area contributed by atoms with Crippen LogP contribution in [0, 0.1) is 13.8 Å². The van der Waals surface area contributed by atoms with Crippen molar-refractivity contribution in [2.75, 3.05) is 18.5 Å². The lowest BCUT2D eigenvalue weighted by atomic mass is 10.1. The minimum absolute atomic E-state index is 0.118. The van der Waals surface area contributed by atoms with E-state index in [9.17, 15) is 9.59 Å². The summed E-state index contributed by atoms with van der Waals surface area (Å²) in [6.07, 6.45) is 1.60. The zero-order valence-corrected chi connectivity index (χ0v) is 17.9. The van der Waals surface area contributed by atoms with Crippen LogP contribution in [0.1, 0.15) is 34.2 Å². The molecule has 0 radical (unpaired) electrons. The van der Waals surface area contributed by atoms with Crippen LogP contribution in [0.15, 0.2) is 65.8 Å². The Morgan fingerprint density at radius 2 is 1.77 bits per heavy atom. The van der Waals surface area contributed by atoms with Crippen LogP contribution < -0.4 is 10.7 Å². The molecule has 0 saturated heterocycles. The number of aromatic nitrogens is 1. The highest BCUT2D eigenvalue weighted by atomic mass is 16.5. The van der Waals surface area contributed by atoms with Crippen LogP contribution in [0.25, 0.3) is 5.69 Å². The standard InChI is InChI=1S/C24H26N4O3/c1-4-31-24(30)21-12-8-9-13-22(21)28-17(2)14-19(18(28)3)15-26-27-23(29)16-25-20-10-6-5-7-11-20/h5-15,25H,4,16H2,1-3H3,(H,27,29)/b26-15-. The summed E-state index contributed by atoms with van der Waals surface area (Å²) in [5, 5.41) is 7.11. The van der Waals surface area contributed by atoms with Crippen LogP contribution in [-0.2, 0) is 9.53 Å². The van der Waals surface area contributed by atoms with Gasteiger partial charge >= 0.3 is 5.97 Å². The number of nitrogens with one attached hydrogen (secondary N) is 2. The second-order valence-corrected chi connectivity index (χ2v) is 6.91. The molecule has 0 spiro atoms. The molecule has 1 heterocycles. The molecule has 0 aliphatic heterocycles. The Bertz CT molecular complexity index is 1090. The van der Waals surface area contributed by atoms with Gasteiger partial charge in [0.1, 0.15) is 0 Å². The Kier molecular flexibility index (Phi) is 7.22. The third-order valence-electron chi connectivity index (χ3n) is 4.73. The highest BCUT2D eigenvalue weighted by molar-refractivity contribution is 5.94. The summed E-state index contributed by atoms with van der Waals surface area (Å²) in [6.45, 7) is 6.11. The van der Waals surface area contributed by atoms with Gasteiger partial charge in [-0.05, 0) is 51.1 Å². The predicted octanol–water partition coefficient (Wildman–Crippen LogP) is 3.83. The number of nitrogens with zero attached hydrogens (tertiary/aromatic N) is 2. The maximum absolute atomic E-state index is 12.4. The molecule has 2 N–H and O–H groups in total. The van der Waals surface area contributed by atoms with Crippen molar-refractivity contribution in [3.8, 4) is 5.69 Å². The topological polar surface area (TPSA) is 84.7 Å². The molecule has 3 aromatic rings. The molecule has 1 aromatic heterocycles. The Morgan fingerprint density at radius 1 is 1.06 bits per heavy atom. The first kappa shape index (κ1) is 21.8. The number of carbonyl (C=O) groups is 2. The molecule has 0 aliphatic rings. The number of para-hydroxylation sites is 2. The maximum Gasteiger partial charge on any atom is 0.340 e. The van der Waals surface area contributed by atoms with Crippen molar-refractivity contribution in [3.63, 3.8) is 0 Å². The van der Waals surface area contributed by atoms with Gasteiger partial charge in [0, 0.05) is 22.6 Å². The van der Waals surface area contributed by atoms with E-state index in [-0.39, 0.29) is 18.4 Å². The van der Waals surface area contributed by atoms with Crippen molar-refractivity contribution in [1.82, 2.24) is 9.99 Å². The molecule has 3 rings (SSSR count). The van der Waals surface area contributed by atoms with E-state index < -0.39 is 0 Å². The third kappa shape index (κ3) is 5.39. The Hall–Kier alpha value is -3.87. The molecule has 0 atom stereocenters. The summed E-state index contributed by atoms with van der Waals surface area (Å²) in [5.41, 5.74) is 7.31. The van der Waals surface area contributed by atoms with Gasteiger partial charge in [-0.3, -0.25) is 4.79 Å². The summed E-state index contributed by atoms with van der Waals surface area (Å²) >= 11 is 0. The van der Waals surface area contributed by atoms with Gasteiger partial charge < -0.3 is 14.6 Å². The van der Waals surface area contributed by atoms with E-state index >= 15 is 0 Å². The molecule has 1 amide bonds. The van der Waals surface area contributed by atoms with E-state index in [1.807, 2.05) is 73.0 Å². The molecular weight excluding hydrogens is 392 g/mol. The number of esters is 1. The number of amides is 1. The molecule has 160 valence electrons. The second-order valence-electron chi connectivity index (χ2n) is 6.91. The summed E-state index contributed by atoms with van der Waals surface area (Å²) in [6, 6.07) is 18.8. The van der Waals surface area contributed by atoms with Crippen LogP contribution in [0.2, 0.25) is 0 Å². The summed E-state index contributed by atoms with van der Waals surface area (Å²) in [7, 11) is 0. The van der Waals surface area contributed by atoms with Crippen molar-refractivity contribution in [2.24, 2.45) is 5.10 Å². The monoisotopic (exact) mass is 418 g/mol. The zero-order valence-electron chi connectivity index (χ0n) is 17.9. The quantitative estimate of drug-likeness (QED) is 0.331. The number of hydrogen-bond acceptors (Lipinski definition) is 5. The van der Waals surface area contributed by atoms with Crippen LogP contribution in [0.5, 0.6) is 0 Å². The van der Waals surface area contributed by atoms with Crippen LogP contribution in [0.4, 0.5) is 5.69 Å². The number of aryl methyl sites for hydroxylation is 1. The first-order chi connectivity index (χ1) is 15.0. The van der Waals surface area contributed by atoms with Gasteiger partial charge in [0.2, 0.25) is 0 Å². The Labute approximate surface area is 181 Å². The minimum atomic E-state index is -0.362. The van der Waals surface area contributed by atoms with Crippen LogP contribution >= 0.6 is 0 Å². The Balaban J connectivity index is 1.72. The SMILES string of the molecule is CCOC(=O)c1ccccc1-n1c(C)cc(/C=N\NC(=O)CNc2ccccc2)c1C. The van der Waals surface area contributed by atoms with Crippen molar-refractivity contribution < 1.29 is 14.3 Å². The normalized spacial score (nSPS) is 10.8. The van der Waals surface area contributed by atoms with Crippen LogP contribution in [0.3, 0.4) is 0 Å². The molecule has 0 unspecified atom stereocenters. The molecule has 0 aliphatic carbocycles. The number of hydrogen-bond donors (Lipinski definition) is 2. The van der Waals surface area contributed by atoms with E-state index in [1.54, 1.807) is 19.2 Å². The van der Waals surface area contributed by atoms with Gasteiger partial charge in [-0.2, -0.15) is 5.10 Å². The zero-order chi connectivity index (χ0) is 22.2. The first-order valence-corrected chi connectivity index (χ1v) is 10.1. The predicted molar refractivity (Wildman–Crippen MR) is 122 cm³/mol. The number of anilines is 1. The van der Waals surface area contributed by atoms with Gasteiger partial charge in [0.25, 0.3) is 5.91 Å². The molecule has 0 fully saturated rings. The van der Waals surface area contributed by atoms with E-state index in [0.717, 1.165) is 28.3 Å². The van der Waals surface area contributed by atoms with Crippen molar-refractivity contribution >= 4 is 23.8 Å². The molecule has 31 heavy (non-hydrogen) atoms. The smallest absolute Gasteiger partial charge is 0.340 e. The molecule has 0 bridgehead atoms. The number of carbonyl (C=O) groups excluding carboxylic acids is 2. The van der Waals surface area contributed by atoms with E-state index in [1.165, 1.54) is 0 Å². The highest BCUT2D eigenvalue weighted by Gasteiger charge is 2.17. The number of rotatable bonds is 8. The fraction of sp³-hybridized carbons (Fsp3) is 0.208.